The van der Waals surface area contributed by atoms with Gasteiger partial charge in [-0.3, -0.25) is 0 Å². The van der Waals surface area contributed by atoms with Gasteiger partial charge in [-0.1, -0.05) is 38.3 Å². The molecule has 1 nitrogen and oxygen atoms in total. The van der Waals surface area contributed by atoms with Crippen molar-refractivity contribution in [2.24, 2.45) is 0 Å². The van der Waals surface area contributed by atoms with Crippen molar-refractivity contribution in [2.45, 2.75) is 45.4 Å². The van der Waals surface area contributed by atoms with Crippen molar-refractivity contribution in [3.63, 3.8) is 0 Å². The molecule has 0 atom stereocenters. The van der Waals surface area contributed by atoms with Crippen LogP contribution in [-0.4, -0.2) is 11.7 Å². The smallest absolute Gasteiger partial charge is 0.0465 e. The minimum atomic E-state index is 0.283. The third-order valence-electron chi connectivity index (χ3n) is 1.69. The minimum Gasteiger partial charge on any atom is -0.396 e. The fourth-order valence-electron chi connectivity index (χ4n) is 0.999. The van der Waals surface area contributed by atoms with E-state index in [1.165, 1.54) is 32.1 Å². The Hall–Kier alpha value is -0.300. The molecule has 0 heterocycles. The Kier molecular flexibility index (Phi) is 9.44. The predicted molar refractivity (Wildman–Crippen MR) is 49.6 cm³/mol. The highest BCUT2D eigenvalue weighted by Gasteiger charge is 1.83. The van der Waals surface area contributed by atoms with Gasteiger partial charge in [0.25, 0.3) is 0 Å². The Labute approximate surface area is 70.1 Å². The van der Waals surface area contributed by atoms with Gasteiger partial charge >= 0.3 is 0 Å². The summed E-state index contributed by atoms with van der Waals surface area (Å²) in [6.07, 6.45) is 11.5. The van der Waals surface area contributed by atoms with Crippen molar-refractivity contribution >= 4 is 0 Å². The van der Waals surface area contributed by atoms with E-state index >= 15 is 0 Å². The molecular formula is C10H20O. The number of allylic oxidation sites excluding steroid dienone is 1. The molecule has 0 fully saturated rings. The Morgan fingerprint density at radius 3 is 2.36 bits per heavy atom. The number of rotatable bonds is 7. The van der Waals surface area contributed by atoms with Gasteiger partial charge in [-0.2, -0.15) is 0 Å². The van der Waals surface area contributed by atoms with Crippen LogP contribution in [0.5, 0.6) is 0 Å². The normalized spacial score (nSPS) is 11.1. The Bertz CT molecular complexity index is 86.9. The van der Waals surface area contributed by atoms with Crippen molar-refractivity contribution in [3.05, 3.63) is 12.2 Å². The molecule has 0 bridgehead atoms. The van der Waals surface area contributed by atoms with Crippen LogP contribution in [0.1, 0.15) is 45.4 Å². The maximum absolute atomic E-state index is 8.46. The fourth-order valence-corrected chi connectivity index (χ4v) is 0.999. The Balaban J connectivity index is 2.89. The monoisotopic (exact) mass is 156 g/mol. The van der Waals surface area contributed by atoms with Gasteiger partial charge in [-0.25, -0.2) is 0 Å². The molecule has 0 aromatic heterocycles. The highest BCUT2D eigenvalue weighted by atomic mass is 16.2. The molecule has 0 aromatic rings. The average molecular weight is 156 g/mol. The van der Waals surface area contributed by atoms with Gasteiger partial charge in [0.1, 0.15) is 0 Å². The lowest BCUT2D eigenvalue weighted by molar-refractivity contribution is 0.302. The van der Waals surface area contributed by atoms with E-state index in [0.29, 0.717) is 0 Å². The molecule has 0 rings (SSSR count). The summed E-state index contributed by atoms with van der Waals surface area (Å²) in [7, 11) is 0. The van der Waals surface area contributed by atoms with Crippen LogP contribution in [0.2, 0.25) is 0 Å². The Morgan fingerprint density at radius 2 is 1.73 bits per heavy atom. The van der Waals surface area contributed by atoms with Crippen LogP contribution in [-0.2, 0) is 0 Å². The molecule has 0 radical (unpaired) electrons. The third kappa shape index (κ3) is 9.70. The first kappa shape index (κ1) is 10.7. The van der Waals surface area contributed by atoms with Crippen molar-refractivity contribution in [1.82, 2.24) is 0 Å². The van der Waals surface area contributed by atoms with E-state index in [9.17, 15) is 0 Å². The van der Waals surface area contributed by atoms with Gasteiger partial charge in [0.05, 0.1) is 0 Å². The zero-order chi connectivity index (χ0) is 8.36. The summed E-state index contributed by atoms with van der Waals surface area (Å²) in [5.41, 5.74) is 0. The fraction of sp³-hybridized carbons (Fsp3) is 0.800. The zero-order valence-corrected chi connectivity index (χ0v) is 7.55. The summed E-state index contributed by atoms with van der Waals surface area (Å²) in [4.78, 5) is 0. The van der Waals surface area contributed by atoms with Crippen molar-refractivity contribution in [2.75, 3.05) is 6.61 Å². The number of hydrogen-bond donors (Lipinski definition) is 1. The van der Waals surface area contributed by atoms with Crippen LogP contribution in [0, 0.1) is 0 Å². The molecule has 0 aliphatic rings. The summed E-state index contributed by atoms with van der Waals surface area (Å²) in [6, 6.07) is 0. The summed E-state index contributed by atoms with van der Waals surface area (Å²) in [5.74, 6) is 0. The molecule has 1 heteroatoms. The molecule has 0 saturated carbocycles. The maximum atomic E-state index is 8.46. The number of hydrogen-bond acceptors (Lipinski definition) is 1. The second kappa shape index (κ2) is 9.70. The van der Waals surface area contributed by atoms with E-state index in [2.05, 4.69) is 19.1 Å². The Morgan fingerprint density at radius 1 is 1.00 bits per heavy atom. The predicted octanol–water partition coefficient (Wildman–Crippen LogP) is 2.90. The van der Waals surface area contributed by atoms with Crippen LogP contribution in [0.15, 0.2) is 12.2 Å². The molecule has 0 spiro atoms. The summed E-state index contributed by atoms with van der Waals surface area (Å²) < 4.78 is 0. The van der Waals surface area contributed by atoms with E-state index in [-0.39, 0.29) is 6.61 Å². The van der Waals surface area contributed by atoms with E-state index in [1.54, 1.807) is 0 Å². The van der Waals surface area contributed by atoms with Crippen LogP contribution in [0.25, 0.3) is 0 Å². The first-order chi connectivity index (χ1) is 5.41. The van der Waals surface area contributed by atoms with Gasteiger partial charge in [0.2, 0.25) is 0 Å². The molecule has 0 amide bonds. The second-order valence-electron chi connectivity index (χ2n) is 2.83. The molecule has 11 heavy (non-hydrogen) atoms. The number of aliphatic hydroxyl groups excluding tert-OH is 1. The van der Waals surface area contributed by atoms with Crippen LogP contribution >= 0.6 is 0 Å². The minimum absolute atomic E-state index is 0.283. The van der Waals surface area contributed by atoms with Crippen molar-refractivity contribution < 1.29 is 5.11 Å². The van der Waals surface area contributed by atoms with Gasteiger partial charge in [-0.05, 0) is 19.3 Å². The maximum Gasteiger partial charge on any atom is 0.0465 e. The number of unbranched alkanes of at least 4 members (excludes halogenated alkanes) is 4. The average Bonchev–Trinajstić information content (AvgIpc) is 2.03. The highest BCUT2D eigenvalue weighted by molar-refractivity contribution is 4.80. The summed E-state index contributed by atoms with van der Waals surface area (Å²) >= 11 is 0. The lowest BCUT2D eigenvalue weighted by Crippen LogP contribution is -1.76. The van der Waals surface area contributed by atoms with Gasteiger partial charge in [-0.15, -0.1) is 0 Å². The first-order valence-electron chi connectivity index (χ1n) is 4.67. The van der Waals surface area contributed by atoms with Gasteiger partial charge in [0.15, 0.2) is 0 Å². The van der Waals surface area contributed by atoms with E-state index in [4.69, 9.17) is 5.11 Å². The van der Waals surface area contributed by atoms with Gasteiger partial charge < -0.3 is 5.11 Å². The molecule has 66 valence electrons. The van der Waals surface area contributed by atoms with E-state index in [1.807, 2.05) is 0 Å². The quantitative estimate of drug-likeness (QED) is 0.444. The standard InChI is InChI=1S/C10H20O/c1-2-3-4-5-6-7-8-9-10-11/h7-8,11H,2-6,9-10H2,1H3. The zero-order valence-electron chi connectivity index (χ0n) is 7.55. The molecule has 0 aromatic carbocycles. The first-order valence-corrected chi connectivity index (χ1v) is 4.67. The lowest BCUT2D eigenvalue weighted by Gasteiger charge is -1.93. The van der Waals surface area contributed by atoms with E-state index < -0.39 is 0 Å². The molecule has 0 saturated heterocycles. The number of aliphatic hydroxyl groups is 1. The second-order valence-corrected chi connectivity index (χ2v) is 2.83. The topological polar surface area (TPSA) is 20.2 Å². The summed E-state index contributed by atoms with van der Waals surface area (Å²) in [5, 5.41) is 8.46. The van der Waals surface area contributed by atoms with Crippen LogP contribution in [0.4, 0.5) is 0 Å². The molecule has 0 aliphatic heterocycles. The van der Waals surface area contributed by atoms with E-state index in [0.717, 1.165) is 6.42 Å². The van der Waals surface area contributed by atoms with Crippen LogP contribution < -0.4 is 0 Å². The van der Waals surface area contributed by atoms with Gasteiger partial charge in [0, 0.05) is 6.61 Å². The molecular weight excluding hydrogens is 136 g/mol. The largest absolute Gasteiger partial charge is 0.396 e. The van der Waals surface area contributed by atoms with Crippen LogP contribution in [0.3, 0.4) is 0 Å². The third-order valence-corrected chi connectivity index (χ3v) is 1.69. The highest BCUT2D eigenvalue weighted by Crippen LogP contribution is 2.02. The van der Waals surface area contributed by atoms with Crippen molar-refractivity contribution in [1.29, 1.82) is 0 Å². The summed E-state index contributed by atoms with van der Waals surface area (Å²) in [6.45, 7) is 2.51. The molecule has 1 N–H and O–H groups in total. The molecule has 0 unspecified atom stereocenters. The SMILES string of the molecule is CCCCCCC=CCCO. The van der Waals surface area contributed by atoms with Crippen molar-refractivity contribution in [3.8, 4) is 0 Å². The molecule has 0 aliphatic carbocycles. The lowest BCUT2D eigenvalue weighted by atomic mass is 10.1.